The molecular formula is C11H19N5O. The Morgan fingerprint density at radius 2 is 2.06 bits per heavy atom. The van der Waals surface area contributed by atoms with Crippen LogP contribution >= 0.6 is 0 Å². The van der Waals surface area contributed by atoms with Crippen molar-refractivity contribution in [3.05, 3.63) is 5.89 Å². The lowest BCUT2D eigenvalue weighted by Gasteiger charge is -2.13. The highest BCUT2D eigenvalue weighted by molar-refractivity contribution is 5.31. The molecular weight excluding hydrogens is 218 g/mol. The highest BCUT2D eigenvalue weighted by Crippen LogP contribution is 2.38. The molecule has 0 unspecified atom stereocenters. The van der Waals surface area contributed by atoms with Crippen LogP contribution in [0.5, 0.6) is 0 Å². The Hall–Kier alpha value is -1.14. The van der Waals surface area contributed by atoms with Gasteiger partial charge in [0.15, 0.2) is 0 Å². The fourth-order valence-electron chi connectivity index (χ4n) is 3.01. The lowest BCUT2D eigenvalue weighted by Crippen LogP contribution is -2.23. The van der Waals surface area contributed by atoms with Crippen molar-refractivity contribution in [2.75, 3.05) is 24.5 Å². The molecule has 4 N–H and O–H groups in total. The zero-order chi connectivity index (χ0) is 11.8. The second-order valence-electron chi connectivity index (χ2n) is 5.13. The number of nitrogens with two attached hydrogens (primary N) is 2. The molecule has 1 saturated carbocycles. The molecule has 1 aromatic heterocycles. The Balaban J connectivity index is 1.71. The quantitative estimate of drug-likeness (QED) is 0.783. The van der Waals surface area contributed by atoms with Gasteiger partial charge in [-0.1, -0.05) is 6.42 Å². The number of hydrogen-bond acceptors (Lipinski definition) is 6. The van der Waals surface area contributed by atoms with Gasteiger partial charge in [-0.25, -0.2) is 0 Å². The lowest BCUT2D eigenvalue weighted by molar-refractivity contribution is 0.356. The Morgan fingerprint density at radius 3 is 2.71 bits per heavy atom. The maximum atomic E-state index is 5.76. The van der Waals surface area contributed by atoms with Gasteiger partial charge in [0.2, 0.25) is 5.89 Å². The van der Waals surface area contributed by atoms with Crippen molar-refractivity contribution in [2.24, 2.45) is 23.3 Å². The highest BCUT2D eigenvalue weighted by Gasteiger charge is 2.37. The summed E-state index contributed by atoms with van der Waals surface area (Å²) in [6.07, 6.45) is 4.06. The molecule has 6 nitrogen and oxygen atoms in total. The second-order valence-corrected chi connectivity index (χ2v) is 5.13. The molecule has 6 heteroatoms. The summed E-state index contributed by atoms with van der Waals surface area (Å²) in [6.45, 7) is 2.44. The highest BCUT2D eigenvalue weighted by atomic mass is 16.5. The van der Waals surface area contributed by atoms with Gasteiger partial charge < -0.3 is 20.9 Å². The summed E-state index contributed by atoms with van der Waals surface area (Å²) in [5, 5.41) is 4.00. The fourth-order valence-corrected chi connectivity index (χ4v) is 3.01. The van der Waals surface area contributed by atoms with Crippen LogP contribution < -0.4 is 16.4 Å². The molecule has 3 atom stereocenters. The summed E-state index contributed by atoms with van der Waals surface area (Å²) in [6, 6.07) is -0.349. The minimum absolute atomic E-state index is 0.326. The first-order chi connectivity index (χ1) is 8.28. The van der Waals surface area contributed by atoms with Crippen molar-refractivity contribution < 1.29 is 4.52 Å². The van der Waals surface area contributed by atoms with E-state index < -0.39 is 0 Å². The number of rotatable bonds is 3. The van der Waals surface area contributed by atoms with E-state index in [1.807, 2.05) is 0 Å². The third kappa shape index (κ3) is 1.91. The fraction of sp³-hybridized carbons (Fsp3) is 0.818. The molecule has 1 aliphatic carbocycles. The van der Waals surface area contributed by atoms with Crippen LogP contribution in [-0.4, -0.2) is 29.8 Å². The zero-order valence-electron chi connectivity index (χ0n) is 9.88. The van der Waals surface area contributed by atoms with Crippen molar-refractivity contribution in [1.29, 1.82) is 0 Å². The van der Waals surface area contributed by atoms with E-state index in [9.17, 15) is 0 Å². The summed E-state index contributed by atoms with van der Waals surface area (Å²) >= 11 is 0. The molecule has 0 aromatic carbocycles. The van der Waals surface area contributed by atoms with Crippen LogP contribution in [0.25, 0.3) is 0 Å². The second kappa shape index (κ2) is 4.27. The van der Waals surface area contributed by atoms with E-state index in [4.69, 9.17) is 16.0 Å². The number of fused-ring (bicyclic) bond motifs is 1. The maximum Gasteiger partial charge on any atom is 0.266 e. The third-order valence-electron chi connectivity index (χ3n) is 4.01. The molecule has 2 aliphatic rings. The Bertz CT molecular complexity index is 381. The van der Waals surface area contributed by atoms with Gasteiger partial charge in [0.1, 0.15) is 0 Å². The summed E-state index contributed by atoms with van der Waals surface area (Å²) < 4.78 is 5.14. The van der Waals surface area contributed by atoms with E-state index in [0.29, 0.717) is 18.4 Å². The predicted octanol–water partition coefficient (Wildman–Crippen LogP) is 0.264. The number of hydrogen-bond donors (Lipinski definition) is 2. The van der Waals surface area contributed by atoms with Crippen LogP contribution in [0.4, 0.5) is 5.95 Å². The smallest absolute Gasteiger partial charge is 0.266 e. The Labute approximate surface area is 100 Å². The average Bonchev–Trinajstić information content (AvgIpc) is 3.00. The molecule has 0 spiro atoms. The first kappa shape index (κ1) is 11.0. The maximum absolute atomic E-state index is 5.76. The van der Waals surface area contributed by atoms with Gasteiger partial charge in [-0.3, -0.25) is 0 Å². The number of nitrogens with zero attached hydrogens (tertiary/aromatic N) is 3. The first-order valence-corrected chi connectivity index (χ1v) is 6.32. The molecule has 1 saturated heterocycles. The molecule has 2 fully saturated rings. The molecule has 1 aliphatic heterocycles. The Morgan fingerprint density at radius 1 is 1.35 bits per heavy atom. The summed E-state index contributed by atoms with van der Waals surface area (Å²) in [5.74, 6) is 2.76. The minimum Gasteiger partial charge on any atom is -0.338 e. The number of aromatic nitrogens is 2. The van der Waals surface area contributed by atoms with Crippen LogP contribution in [-0.2, 0) is 0 Å². The monoisotopic (exact) mass is 237 g/mol. The van der Waals surface area contributed by atoms with E-state index in [-0.39, 0.29) is 6.04 Å². The van der Waals surface area contributed by atoms with Gasteiger partial charge in [-0.05, 0) is 29.8 Å². The third-order valence-corrected chi connectivity index (χ3v) is 4.01. The van der Waals surface area contributed by atoms with Gasteiger partial charge in [-0.15, -0.1) is 0 Å². The van der Waals surface area contributed by atoms with Gasteiger partial charge in [0.05, 0.1) is 6.04 Å². The first-order valence-electron chi connectivity index (χ1n) is 6.32. The minimum atomic E-state index is -0.349. The lowest BCUT2D eigenvalue weighted by atomic mass is 10.0. The van der Waals surface area contributed by atoms with E-state index >= 15 is 0 Å². The SMILES string of the molecule is NC[C@H](N)c1nc(N2C[C@H]3CCC[C@H]3C2)no1. The van der Waals surface area contributed by atoms with Crippen LogP contribution in [0.3, 0.4) is 0 Å². The van der Waals surface area contributed by atoms with Crippen molar-refractivity contribution in [1.82, 2.24) is 10.1 Å². The molecule has 17 heavy (non-hydrogen) atoms. The average molecular weight is 237 g/mol. The molecule has 3 rings (SSSR count). The zero-order valence-corrected chi connectivity index (χ0v) is 9.88. The van der Waals surface area contributed by atoms with E-state index in [0.717, 1.165) is 24.9 Å². The molecule has 0 bridgehead atoms. The molecule has 2 heterocycles. The predicted molar refractivity (Wildman–Crippen MR) is 63.3 cm³/mol. The summed E-state index contributed by atoms with van der Waals surface area (Å²) in [4.78, 5) is 6.55. The van der Waals surface area contributed by atoms with Crippen molar-refractivity contribution in [3.8, 4) is 0 Å². The molecule has 0 amide bonds. The molecule has 1 aromatic rings. The standard InChI is InChI=1S/C11H19N5O/c12-4-9(13)10-14-11(15-17-10)16-5-7-2-1-3-8(7)6-16/h7-9H,1-6,12-13H2/t7-,8+,9-/m0/s1. The summed E-state index contributed by atoms with van der Waals surface area (Å²) in [5.41, 5.74) is 11.2. The van der Waals surface area contributed by atoms with Crippen LogP contribution in [0.1, 0.15) is 31.2 Å². The van der Waals surface area contributed by atoms with Crippen LogP contribution in [0.2, 0.25) is 0 Å². The summed E-state index contributed by atoms with van der Waals surface area (Å²) in [7, 11) is 0. The molecule has 94 valence electrons. The van der Waals surface area contributed by atoms with Gasteiger partial charge >= 0.3 is 0 Å². The van der Waals surface area contributed by atoms with Gasteiger partial charge in [-0.2, -0.15) is 4.98 Å². The van der Waals surface area contributed by atoms with E-state index in [1.54, 1.807) is 0 Å². The number of anilines is 1. The van der Waals surface area contributed by atoms with Crippen LogP contribution in [0, 0.1) is 11.8 Å². The van der Waals surface area contributed by atoms with Gasteiger partial charge in [0.25, 0.3) is 5.95 Å². The normalized spacial score (nSPS) is 29.6. The van der Waals surface area contributed by atoms with Gasteiger partial charge in [0, 0.05) is 19.6 Å². The van der Waals surface area contributed by atoms with E-state index in [2.05, 4.69) is 15.0 Å². The van der Waals surface area contributed by atoms with Crippen molar-refractivity contribution >= 4 is 5.95 Å². The Kier molecular flexibility index (Phi) is 2.76. The topological polar surface area (TPSA) is 94.2 Å². The largest absolute Gasteiger partial charge is 0.338 e. The van der Waals surface area contributed by atoms with Crippen molar-refractivity contribution in [2.45, 2.75) is 25.3 Å². The molecule has 0 radical (unpaired) electrons. The van der Waals surface area contributed by atoms with Crippen LogP contribution in [0.15, 0.2) is 4.52 Å². The van der Waals surface area contributed by atoms with Crippen molar-refractivity contribution in [3.63, 3.8) is 0 Å². The van der Waals surface area contributed by atoms with E-state index in [1.165, 1.54) is 19.3 Å².